The molecule has 4 rings (SSSR count). The maximum atomic E-state index is 13.3. The quantitative estimate of drug-likeness (QED) is 0.256. The Hall–Kier alpha value is -4.15. The van der Waals surface area contributed by atoms with Crippen molar-refractivity contribution in [2.45, 2.75) is 65.2 Å². The minimum absolute atomic E-state index is 0.00912. The number of ketones is 1. The third-order valence-electron chi connectivity index (χ3n) is 6.04. The van der Waals surface area contributed by atoms with Crippen molar-refractivity contribution in [2.24, 2.45) is 5.92 Å². The molecule has 0 unspecified atom stereocenters. The average molecular weight is 557 g/mol. The summed E-state index contributed by atoms with van der Waals surface area (Å²) in [5.41, 5.74) is 0.746. The zero-order valence-electron chi connectivity index (χ0n) is 22.5. The number of halogens is 3. The number of urea groups is 1. The van der Waals surface area contributed by atoms with Gasteiger partial charge in [-0.25, -0.2) is 9.78 Å². The van der Waals surface area contributed by atoms with Gasteiger partial charge in [0, 0.05) is 47.6 Å². The Morgan fingerprint density at radius 1 is 1.02 bits per heavy atom. The zero-order chi connectivity index (χ0) is 28.9. The van der Waals surface area contributed by atoms with Gasteiger partial charge in [0.05, 0.1) is 23.6 Å². The number of aromatic nitrogens is 2. The first kappa shape index (κ1) is 28.8. The Balaban J connectivity index is 1.36. The monoisotopic (exact) mass is 556 g/mol. The molecule has 8 nitrogen and oxygen atoms in total. The van der Waals surface area contributed by atoms with Crippen molar-refractivity contribution in [2.75, 3.05) is 10.6 Å². The molecule has 1 fully saturated rings. The van der Waals surface area contributed by atoms with E-state index >= 15 is 0 Å². The van der Waals surface area contributed by atoms with E-state index in [-0.39, 0.29) is 23.5 Å². The van der Waals surface area contributed by atoms with Crippen molar-refractivity contribution in [3.8, 4) is 17.4 Å². The number of aryl methyl sites for hydroxylation is 2. The smallest absolute Gasteiger partial charge is 0.416 e. The van der Waals surface area contributed by atoms with E-state index in [1.807, 2.05) is 0 Å². The molecule has 2 aromatic heterocycles. The van der Waals surface area contributed by atoms with Gasteiger partial charge in [0.25, 0.3) is 0 Å². The van der Waals surface area contributed by atoms with E-state index in [9.17, 15) is 22.8 Å². The first-order valence-electron chi connectivity index (χ1n) is 13.1. The van der Waals surface area contributed by atoms with Crippen LogP contribution in [-0.4, -0.2) is 27.9 Å². The van der Waals surface area contributed by atoms with Gasteiger partial charge in [-0.15, -0.1) is 0 Å². The fourth-order valence-electron chi connectivity index (χ4n) is 4.03. The maximum Gasteiger partial charge on any atom is 0.416 e. The number of Topliss-reactive ketones (excluding diaryl/α,β-unsaturated/α-hetero) is 1. The van der Waals surface area contributed by atoms with Gasteiger partial charge in [-0.2, -0.15) is 13.2 Å². The van der Waals surface area contributed by atoms with Crippen molar-refractivity contribution in [3.05, 3.63) is 65.6 Å². The largest absolute Gasteiger partial charge is 0.491 e. The summed E-state index contributed by atoms with van der Waals surface area (Å²) in [6, 6.07) is 7.43. The number of amides is 2. The van der Waals surface area contributed by atoms with Gasteiger partial charge >= 0.3 is 12.2 Å². The van der Waals surface area contributed by atoms with Gasteiger partial charge in [0.15, 0.2) is 0 Å². The minimum Gasteiger partial charge on any atom is -0.491 e. The highest BCUT2D eigenvalue weighted by Gasteiger charge is 2.32. The Morgan fingerprint density at radius 3 is 2.45 bits per heavy atom. The first-order chi connectivity index (χ1) is 19.0. The molecule has 0 saturated heterocycles. The number of hydrogen-bond acceptors (Lipinski definition) is 6. The molecule has 1 aliphatic rings. The topological polar surface area (TPSA) is 102 Å². The van der Waals surface area contributed by atoms with Crippen LogP contribution in [0.3, 0.4) is 0 Å². The highest BCUT2D eigenvalue weighted by atomic mass is 19.4. The second-order valence-corrected chi connectivity index (χ2v) is 10.0. The van der Waals surface area contributed by atoms with E-state index in [0.717, 1.165) is 37.1 Å². The first-order valence-corrected chi connectivity index (χ1v) is 13.1. The molecule has 0 bridgehead atoms. The number of anilines is 2. The molecule has 40 heavy (non-hydrogen) atoms. The van der Waals surface area contributed by atoms with Crippen LogP contribution in [0.2, 0.25) is 0 Å². The number of benzene rings is 1. The van der Waals surface area contributed by atoms with Crippen molar-refractivity contribution >= 4 is 23.2 Å². The molecule has 2 amide bonds. The molecule has 0 aliphatic heterocycles. The van der Waals surface area contributed by atoms with E-state index in [1.165, 1.54) is 12.3 Å². The third kappa shape index (κ3) is 8.42. The van der Waals surface area contributed by atoms with Gasteiger partial charge in [-0.05, 0) is 70.7 Å². The number of hydrogen-bond donors (Lipinski definition) is 2. The van der Waals surface area contributed by atoms with Crippen LogP contribution < -0.4 is 20.1 Å². The number of carbonyl (C=O) groups is 2. The lowest BCUT2D eigenvalue weighted by Gasteiger charge is -2.16. The fourth-order valence-corrected chi connectivity index (χ4v) is 4.03. The van der Waals surface area contributed by atoms with Gasteiger partial charge in [-0.3, -0.25) is 9.78 Å². The van der Waals surface area contributed by atoms with E-state index in [1.54, 1.807) is 45.2 Å². The minimum atomic E-state index is -4.61. The van der Waals surface area contributed by atoms with Gasteiger partial charge < -0.3 is 20.1 Å². The van der Waals surface area contributed by atoms with Gasteiger partial charge in [0.1, 0.15) is 17.3 Å². The highest BCUT2D eigenvalue weighted by molar-refractivity contribution is 5.99. The molecule has 212 valence electrons. The molecule has 1 aliphatic carbocycles. The van der Waals surface area contributed by atoms with Gasteiger partial charge in [-0.1, -0.05) is 0 Å². The summed E-state index contributed by atoms with van der Waals surface area (Å²) in [4.78, 5) is 33.0. The summed E-state index contributed by atoms with van der Waals surface area (Å²) >= 11 is 0. The average Bonchev–Trinajstić information content (AvgIpc) is 3.71. The molecular formula is C29H31F3N4O4. The second kappa shape index (κ2) is 12.4. The Kier molecular flexibility index (Phi) is 8.91. The van der Waals surface area contributed by atoms with E-state index in [2.05, 4.69) is 20.6 Å². The number of rotatable bonds is 11. The number of nitrogens with zero attached hydrogens (tertiary/aromatic N) is 2. The summed E-state index contributed by atoms with van der Waals surface area (Å²) in [5, 5.41) is 4.98. The summed E-state index contributed by atoms with van der Waals surface area (Å²) < 4.78 is 51.3. The molecule has 1 saturated carbocycles. The van der Waals surface area contributed by atoms with Crippen LogP contribution in [0.5, 0.6) is 17.4 Å². The van der Waals surface area contributed by atoms with Crippen LogP contribution in [0.4, 0.5) is 29.3 Å². The molecule has 0 atom stereocenters. The summed E-state index contributed by atoms with van der Waals surface area (Å²) in [6.07, 6.45) is 2.04. The zero-order valence-corrected chi connectivity index (χ0v) is 22.5. The lowest BCUT2D eigenvalue weighted by atomic mass is 10.1. The van der Waals surface area contributed by atoms with E-state index in [4.69, 9.17) is 9.47 Å². The Morgan fingerprint density at radius 2 is 1.77 bits per heavy atom. The number of pyridine rings is 2. The van der Waals surface area contributed by atoms with Crippen LogP contribution in [0.15, 0.2) is 48.8 Å². The molecule has 3 aromatic rings. The summed E-state index contributed by atoms with van der Waals surface area (Å²) in [7, 11) is 0. The van der Waals surface area contributed by atoms with Crippen LogP contribution >= 0.6 is 0 Å². The van der Waals surface area contributed by atoms with E-state index < -0.39 is 17.8 Å². The van der Waals surface area contributed by atoms with Crippen LogP contribution in [-0.2, 0) is 17.4 Å². The van der Waals surface area contributed by atoms with Crippen LogP contribution in [0, 0.1) is 12.8 Å². The molecular weight excluding hydrogens is 525 g/mol. The lowest BCUT2D eigenvalue weighted by Crippen LogP contribution is -2.20. The number of ether oxygens (including phenoxy) is 2. The predicted molar refractivity (Wildman–Crippen MR) is 144 cm³/mol. The molecule has 0 spiro atoms. The lowest BCUT2D eigenvalue weighted by molar-refractivity contribution is -0.137. The highest BCUT2D eigenvalue weighted by Crippen LogP contribution is 2.35. The standard InChI is InChI=1S/C29H31F3N4O4/c1-17(2)39-25-13-20(29(30,31)32)12-22(15-25)35-28(38)36-23-11-18(3)27(34-16-23)40-24-9-10-33-21(14-24)5-4-6-26(37)19-7-8-19/h9-17,19H,4-8H2,1-3H3,(H2,35,36,38). The SMILES string of the molecule is Cc1cc(NC(=O)Nc2cc(OC(C)C)cc(C(F)(F)F)c2)cnc1Oc1ccnc(CCCC(=O)C2CC2)c1. The number of nitrogens with one attached hydrogen (secondary N) is 2. The fraction of sp³-hybridized carbons (Fsp3) is 0.379. The van der Waals surface area contributed by atoms with Crippen molar-refractivity contribution in [1.82, 2.24) is 9.97 Å². The molecule has 11 heteroatoms. The number of alkyl halides is 3. The molecule has 2 heterocycles. The Bertz CT molecular complexity index is 1370. The van der Waals surface area contributed by atoms with Crippen LogP contribution in [0.25, 0.3) is 0 Å². The maximum absolute atomic E-state index is 13.3. The molecule has 0 radical (unpaired) electrons. The normalized spacial score (nSPS) is 13.2. The van der Waals surface area contributed by atoms with Gasteiger partial charge in [0.2, 0.25) is 5.88 Å². The van der Waals surface area contributed by atoms with E-state index in [0.29, 0.717) is 41.5 Å². The van der Waals surface area contributed by atoms with Crippen molar-refractivity contribution in [1.29, 1.82) is 0 Å². The number of carbonyl (C=O) groups excluding carboxylic acids is 2. The third-order valence-corrected chi connectivity index (χ3v) is 6.04. The second-order valence-electron chi connectivity index (χ2n) is 10.0. The molecule has 2 N–H and O–H groups in total. The molecule has 1 aromatic carbocycles. The summed E-state index contributed by atoms with van der Waals surface area (Å²) in [5.74, 6) is 1.44. The predicted octanol–water partition coefficient (Wildman–Crippen LogP) is 7.33. The van der Waals surface area contributed by atoms with Crippen molar-refractivity contribution in [3.63, 3.8) is 0 Å². The van der Waals surface area contributed by atoms with Crippen LogP contribution in [0.1, 0.15) is 56.4 Å². The Labute approximate surface area is 230 Å². The van der Waals surface area contributed by atoms with Crippen molar-refractivity contribution < 1.29 is 32.2 Å². The summed E-state index contributed by atoms with van der Waals surface area (Å²) in [6.45, 7) is 5.13.